The third kappa shape index (κ3) is 3.14. The number of hydrogen-bond acceptors (Lipinski definition) is 4. The smallest absolute Gasteiger partial charge is 0.306 e. The van der Waals surface area contributed by atoms with E-state index in [1.165, 1.54) is 12.1 Å². The van der Waals surface area contributed by atoms with Crippen LogP contribution in [0.3, 0.4) is 0 Å². The quantitative estimate of drug-likeness (QED) is 0.659. The average molecular weight is 345 g/mol. The first-order chi connectivity index (χ1) is 6.29. The first kappa shape index (κ1) is 11.8. The van der Waals surface area contributed by atoms with Gasteiger partial charge in [0.2, 0.25) is 0 Å². The molecule has 0 spiro atoms. The molecule has 4 nitrogen and oxygen atoms in total. The molecule has 0 aliphatic heterocycles. The monoisotopic (exact) mass is 343 g/mol. The van der Waals surface area contributed by atoms with Crippen molar-refractivity contribution < 1.29 is 12.6 Å². The molecule has 1 aromatic rings. The Bertz CT molecular complexity index is 435. The van der Waals surface area contributed by atoms with E-state index in [0.717, 1.165) is 6.26 Å². The van der Waals surface area contributed by atoms with Crippen LogP contribution in [0.4, 0.5) is 5.69 Å². The Morgan fingerprint density at radius 2 is 1.71 bits per heavy atom. The molecular formula is C7H7Br2NO3S. The largest absolute Gasteiger partial charge is 0.397 e. The maximum atomic E-state index is 10.8. The predicted octanol–water partition coefficient (Wildman–Crippen LogP) is 2.13. The van der Waals surface area contributed by atoms with Gasteiger partial charge in [0.15, 0.2) is 0 Å². The second-order valence-electron chi connectivity index (χ2n) is 2.59. The van der Waals surface area contributed by atoms with Crippen molar-refractivity contribution in [2.24, 2.45) is 0 Å². The van der Waals surface area contributed by atoms with Gasteiger partial charge in [0, 0.05) is 8.95 Å². The minimum Gasteiger partial charge on any atom is -0.397 e. The van der Waals surface area contributed by atoms with Crippen molar-refractivity contribution >= 4 is 47.7 Å². The van der Waals surface area contributed by atoms with Crippen molar-refractivity contribution in [2.45, 2.75) is 0 Å². The summed E-state index contributed by atoms with van der Waals surface area (Å²) in [4.78, 5) is 0. The fraction of sp³-hybridized carbons (Fsp3) is 0.143. The highest BCUT2D eigenvalue weighted by molar-refractivity contribution is 9.11. The zero-order valence-electron chi connectivity index (χ0n) is 7.12. The minimum absolute atomic E-state index is 0.209. The fourth-order valence-electron chi connectivity index (χ4n) is 0.784. The Morgan fingerprint density at radius 1 is 1.29 bits per heavy atom. The molecule has 0 bridgehead atoms. The maximum Gasteiger partial charge on any atom is 0.306 e. The number of hydrogen-bond donors (Lipinski definition) is 1. The van der Waals surface area contributed by atoms with Gasteiger partial charge in [-0.1, -0.05) is 0 Å². The summed E-state index contributed by atoms with van der Waals surface area (Å²) in [6, 6.07) is 2.97. The molecule has 0 aliphatic carbocycles. The lowest BCUT2D eigenvalue weighted by atomic mass is 10.3. The molecule has 0 aliphatic rings. The van der Waals surface area contributed by atoms with Gasteiger partial charge in [0.05, 0.1) is 11.9 Å². The van der Waals surface area contributed by atoms with E-state index in [4.69, 9.17) is 5.73 Å². The van der Waals surface area contributed by atoms with E-state index < -0.39 is 10.1 Å². The molecule has 0 atom stereocenters. The molecule has 0 fully saturated rings. The highest BCUT2D eigenvalue weighted by atomic mass is 79.9. The van der Waals surface area contributed by atoms with E-state index in [9.17, 15) is 8.42 Å². The lowest BCUT2D eigenvalue weighted by molar-refractivity contribution is 0.492. The number of nitrogens with two attached hydrogens (primary N) is 1. The van der Waals surface area contributed by atoms with Gasteiger partial charge in [-0.05, 0) is 44.0 Å². The second-order valence-corrected chi connectivity index (χ2v) is 5.87. The van der Waals surface area contributed by atoms with Crippen LogP contribution >= 0.6 is 31.9 Å². The summed E-state index contributed by atoms with van der Waals surface area (Å²) in [6.45, 7) is 0. The van der Waals surface area contributed by atoms with Crippen LogP contribution < -0.4 is 9.92 Å². The van der Waals surface area contributed by atoms with Crippen molar-refractivity contribution in [3.05, 3.63) is 21.1 Å². The first-order valence-electron chi connectivity index (χ1n) is 3.43. The van der Waals surface area contributed by atoms with Crippen molar-refractivity contribution in [3.63, 3.8) is 0 Å². The van der Waals surface area contributed by atoms with Crippen LogP contribution in [0.25, 0.3) is 0 Å². The Hall–Kier alpha value is -0.270. The number of halogens is 2. The highest BCUT2D eigenvalue weighted by Gasteiger charge is 2.09. The van der Waals surface area contributed by atoms with Crippen molar-refractivity contribution in [2.75, 3.05) is 12.0 Å². The molecule has 1 aromatic carbocycles. The van der Waals surface area contributed by atoms with Crippen LogP contribution in [0, 0.1) is 0 Å². The molecule has 1 rings (SSSR count). The van der Waals surface area contributed by atoms with Gasteiger partial charge < -0.3 is 9.92 Å². The minimum atomic E-state index is -3.51. The Morgan fingerprint density at radius 3 is 2.07 bits per heavy atom. The van der Waals surface area contributed by atoms with E-state index >= 15 is 0 Å². The van der Waals surface area contributed by atoms with Gasteiger partial charge in [-0.2, -0.15) is 8.42 Å². The van der Waals surface area contributed by atoms with Gasteiger partial charge in [-0.25, -0.2) is 0 Å². The molecule has 0 aromatic heterocycles. The summed E-state index contributed by atoms with van der Waals surface area (Å²) in [5, 5.41) is 0. The summed E-state index contributed by atoms with van der Waals surface area (Å²) >= 11 is 6.35. The topological polar surface area (TPSA) is 69.4 Å². The molecule has 0 saturated carbocycles. The Kier molecular flexibility index (Phi) is 3.44. The second kappa shape index (κ2) is 4.08. The molecule has 2 N–H and O–H groups in total. The number of rotatable bonds is 2. The summed E-state index contributed by atoms with van der Waals surface area (Å²) in [6.07, 6.45) is 0.977. The summed E-state index contributed by atoms with van der Waals surface area (Å²) < 4.78 is 27.5. The molecule has 0 saturated heterocycles. The van der Waals surface area contributed by atoms with Gasteiger partial charge in [0.25, 0.3) is 0 Å². The van der Waals surface area contributed by atoms with Crippen LogP contribution in [0.15, 0.2) is 21.1 Å². The lowest BCUT2D eigenvalue weighted by Gasteiger charge is -2.06. The molecule has 78 valence electrons. The Labute approximate surface area is 98.8 Å². The number of benzene rings is 1. The van der Waals surface area contributed by atoms with E-state index in [-0.39, 0.29) is 5.75 Å². The predicted molar refractivity (Wildman–Crippen MR) is 61.7 cm³/mol. The standard InChI is InChI=1S/C7H7Br2NO3S/c1-14(11,12)13-4-2-5(8)7(10)6(9)3-4/h2-3H,10H2,1H3. The zero-order chi connectivity index (χ0) is 10.9. The molecule has 0 heterocycles. The van der Waals surface area contributed by atoms with E-state index in [2.05, 4.69) is 36.0 Å². The normalized spacial score (nSPS) is 11.4. The van der Waals surface area contributed by atoms with Crippen molar-refractivity contribution in [1.29, 1.82) is 0 Å². The first-order valence-corrected chi connectivity index (χ1v) is 6.84. The van der Waals surface area contributed by atoms with Gasteiger partial charge in [-0.3, -0.25) is 0 Å². The van der Waals surface area contributed by atoms with Crippen molar-refractivity contribution in [3.8, 4) is 5.75 Å². The Balaban J connectivity index is 3.14. The number of anilines is 1. The average Bonchev–Trinajstić information content (AvgIpc) is 1.96. The molecule has 0 amide bonds. The highest BCUT2D eigenvalue weighted by Crippen LogP contribution is 2.33. The van der Waals surface area contributed by atoms with Crippen LogP contribution in [0.1, 0.15) is 0 Å². The molecule has 14 heavy (non-hydrogen) atoms. The summed E-state index contributed by atoms with van der Waals surface area (Å²) in [7, 11) is -3.51. The lowest BCUT2D eigenvalue weighted by Crippen LogP contribution is -2.06. The molecular weight excluding hydrogens is 338 g/mol. The van der Waals surface area contributed by atoms with Gasteiger partial charge in [0.1, 0.15) is 5.75 Å². The molecule has 0 unspecified atom stereocenters. The van der Waals surface area contributed by atoms with Crippen LogP contribution in [-0.2, 0) is 10.1 Å². The van der Waals surface area contributed by atoms with Gasteiger partial charge in [-0.15, -0.1) is 0 Å². The molecule has 7 heteroatoms. The third-order valence-electron chi connectivity index (χ3n) is 1.30. The van der Waals surface area contributed by atoms with Crippen LogP contribution in [0.5, 0.6) is 5.75 Å². The summed E-state index contributed by atoms with van der Waals surface area (Å²) in [5.74, 6) is 0.209. The van der Waals surface area contributed by atoms with E-state index in [1.54, 1.807) is 0 Å². The molecule has 0 radical (unpaired) electrons. The third-order valence-corrected chi connectivity index (χ3v) is 3.11. The van der Waals surface area contributed by atoms with Gasteiger partial charge >= 0.3 is 10.1 Å². The number of nitrogen functional groups attached to an aromatic ring is 1. The van der Waals surface area contributed by atoms with Crippen LogP contribution in [-0.4, -0.2) is 14.7 Å². The van der Waals surface area contributed by atoms with Crippen LogP contribution in [0.2, 0.25) is 0 Å². The fourth-order valence-corrected chi connectivity index (χ4v) is 2.37. The summed E-state index contributed by atoms with van der Waals surface area (Å²) in [5.41, 5.74) is 6.11. The van der Waals surface area contributed by atoms with E-state index in [1.807, 2.05) is 0 Å². The van der Waals surface area contributed by atoms with E-state index in [0.29, 0.717) is 14.6 Å². The van der Waals surface area contributed by atoms with Crippen molar-refractivity contribution in [1.82, 2.24) is 0 Å². The maximum absolute atomic E-state index is 10.8. The SMILES string of the molecule is CS(=O)(=O)Oc1cc(Br)c(N)c(Br)c1. The zero-order valence-corrected chi connectivity index (χ0v) is 11.1.